The van der Waals surface area contributed by atoms with Crippen molar-refractivity contribution in [2.45, 2.75) is 31.7 Å². The first-order valence-corrected chi connectivity index (χ1v) is 13.9. The average molecular weight is 542 g/mol. The van der Waals surface area contributed by atoms with Gasteiger partial charge in [-0.2, -0.15) is 0 Å². The number of carbonyl (C=O) groups excluding carboxylic acids is 1. The number of benzene rings is 3. The summed E-state index contributed by atoms with van der Waals surface area (Å²) in [6.45, 7) is 2.65. The van der Waals surface area contributed by atoms with Gasteiger partial charge in [0.15, 0.2) is 11.5 Å². The molecule has 1 aliphatic heterocycles. The molecule has 0 fully saturated rings. The SMILES string of the molecule is O=C(CCCc1ccc(N(CCCl)CCCl)cc1)N[C@H](Cc1ccc2c(c1)OCCO2)c1ccccc1. The predicted molar refractivity (Wildman–Crippen MR) is 151 cm³/mol. The molecular weight excluding hydrogens is 507 g/mol. The molecule has 1 amide bonds. The molecule has 0 unspecified atom stereocenters. The van der Waals surface area contributed by atoms with Crippen LogP contribution in [-0.2, 0) is 17.6 Å². The molecule has 0 aromatic heterocycles. The van der Waals surface area contributed by atoms with Crippen LogP contribution in [0.25, 0.3) is 0 Å². The Balaban J connectivity index is 1.33. The number of carbonyl (C=O) groups is 1. The van der Waals surface area contributed by atoms with E-state index in [2.05, 4.69) is 46.6 Å². The highest BCUT2D eigenvalue weighted by atomic mass is 35.5. The van der Waals surface area contributed by atoms with Crippen LogP contribution in [0.1, 0.15) is 35.6 Å². The second-order valence-corrected chi connectivity index (χ2v) is 9.85. The number of nitrogens with zero attached hydrogens (tertiary/aromatic N) is 1. The number of alkyl halides is 2. The molecular formula is C30H34Cl2N2O3. The molecule has 196 valence electrons. The van der Waals surface area contributed by atoms with E-state index in [1.165, 1.54) is 5.56 Å². The van der Waals surface area contributed by atoms with E-state index >= 15 is 0 Å². The molecule has 4 rings (SSSR count). The molecule has 0 bridgehead atoms. The van der Waals surface area contributed by atoms with E-state index in [4.69, 9.17) is 32.7 Å². The number of rotatable bonds is 13. The van der Waals surface area contributed by atoms with Gasteiger partial charge in [-0.05, 0) is 60.2 Å². The van der Waals surface area contributed by atoms with E-state index in [1.807, 2.05) is 36.4 Å². The van der Waals surface area contributed by atoms with Crippen molar-refractivity contribution >= 4 is 34.8 Å². The smallest absolute Gasteiger partial charge is 0.220 e. The number of nitrogens with one attached hydrogen (secondary N) is 1. The van der Waals surface area contributed by atoms with Crippen molar-refractivity contribution in [2.75, 3.05) is 43.0 Å². The van der Waals surface area contributed by atoms with Crippen LogP contribution in [-0.4, -0.2) is 44.0 Å². The van der Waals surface area contributed by atoms with Crippen LogP contribution in [0.2, 0.25) is 0 Å². The van der Waals surface area contributed by atoms with Crippen molar-refractivity contribution in [3.63, 3.8) is 0 Å². The van der Waals surface area contributed by atoms with Gasteiger partial charge >= 0.3 is 0 Å². The molecule has 0 saturated carbocycles. The van der Waals surface area contributed by atoms with Crippen LogP contribution in [0.3, 0.4) is 0 Å². The monoisotopic (exact) mass is 540 g/mol. The van der Waals surface area contributed by atoms with Gasteiger partial charge in [-0.1, -0.05) is 48.5 Å². The first-order valence-electron chi connectivity index (χ1n) is 12.8. The maximum atomic E-state index is 12.9. The second-order valence-electron chi connectivity index (χ2n) is 9.10. The van der Waals surface area contributed by atoms with Gasteiger partial charge in [0.25, 0.3) is 0 Å². The van der Waals surface area contributed by atoms with Gasteiger partial charge in [0.2, 0.25) is 5.91 Å². The van der Waals surface area contributed by atoms with Crippen LogP contribution in [0, 0.1) is 0 Å². The van der Waals surface area contributed by atoms with Crippen molar-refractivity contribution < 1.29 is 14.3 Å². The summed E-state index contributed by atoms with van der Waals surface area (Å²) in [5.74, 6) is 2.72. The Kier molecular flexibility index (Phi) is 10.4. The number of hydrogen-bond donors (Lipinski definition) is 1. The minimum atomic E-state index is -0.120. The molecule has 1 heterocycles. The van der Waals surface area contributed by atoms with E-state index in [1.54, 1.807) is 0 Å². The molecule has 0 saturated heterocycles. The first kappa shape index (κ1) is 27.2. The number of amides is 1. The lowest BCUT2D eigenvalue weighted by Crippen LogP contribution is -2.30. The Bertz CT molecular complexity index is 1120. The fourth-order valence-corrected chi connectivity index (χ4v) is 4.96. The highest BCUT2D eigenvalue weighted by Crippen LogP contribution is 2.32. The van der Waals surface area contributed by atoms with Gasteiger partial charge in [-0.3, -0.25) is 4.79 Å². The van der Waals surface area contributed by atoms with Crippen LogP contribution in [0.5, 0.6) is 11.5 Å². The summed E-state index contributed by atoms with van der Waals surface area (Å²) >= 11 is 11.9. The molecule has 3 aromatic carbocycles. The average Bonchev–Trinajstić information content (AvgIpc) is 2.93. The van der Waals surface area contributed by atoms with Gasteiger partial charge in [-0.25, -0.2) is 0 Å². The Labute approximate surface area is 229 Å². The zero-order valence-electron chi connectivity index (χ0n) is 21.0. The Morgan fingerprint density at radius 1 is 0.865 bits per heavy atom. The highest BCUT2D eigenvalue weighted by molar-refractivity contribution is 6.18. The van der Waals surface area contributed by atoms with Gasteiger partial charge in [-0.15, -0.1) is 23.2 Å². The first-order chi connectivity index (χ1) is 18.2. The molecule has 1 N–H and O–H groups in total. The maximum absolute atomic E-state index is 12.9. The minimum absolute atomic E-state index is 0.0541. The van der Waals surface area contributed by atoms with Gasteiger partial charge in [0.1, 0.15) is 13.2 Å². The summed E-state index contributed by atoms with van der Waals surface area (Å²) in [5, 5.41) is 3.26. The molecule has 7 heteroatoms. The normalized spacial score (nSPS) is 13.1. The molecule has 0 radical (unpaired) electrons. The van der Waals surface area contributed by atoms with E-state index in [9.17, 15) is 4.79 Å². The summed E-state index contributed by atoms with van der Waals surface area (Å²) in [4.78, 5) is 15.1. The second kappa shape index (κ2) is 14.2. The Morgan fingerprint density at radius 3 is 2.24 bits per heavy atom. The van der Waals surface area contributed by atoms with E-state index in [-0.39, 0.29) is 11.9 Å². The van der Waals surface area contributed by atoms with E-state index < -0.39 is 0 Å². The van der Waals surface area contributed by atoms with Crippen LogP contribution in [0.4, 0.5) is 5.69 Å². The van der Waals surface area contributed by atoms with Crippen molar-refractivity contribution in [1.82, 2.24) is 5.32 Å². The van der Waals surface area contributed by atoms with Crippen LogP contribution >= 0.6 is 23.2 Å². The maximum Gasteiger partial charge on any atom is 0.220 e. The summed E-state index contributed by atoms with van der Waals surface area (Å²) in [5.41, 5.74) is 4.51. The standard InChI is InChI=1S/C30H34Cl2N2O3/c31-15-17-34(18-16-32)26-12-9-23(10-13-26)5-4-8-30(35)33-27(25-6-2-1-3-7-25)21-24-11-14-28-29(22-24)37-20-19-36-28/h1-3,6-7,9-14,22,27H,4-5,8,15-21H2,(H,33,35)/t27-/m1/s1. The number of aryl methyl sites for hydroxylation is 1. The predicted octanol–water partition coefficient (Wildman–Crippen LogP) is 6.16. The molecule has 1 atom stereocenters. The van der Waals surface area contributed by atoms with Crippen molar-refractivity contribution in [3.05, 3.63) is 89.5 Å². The highest BCUT2D eigenvalue weighted by Gasteiger charge is 2.18. The molecule has 0 aliphatic carbocycles. The summed E-state index contributed by atoms with van der Waals surface area (Å²) in [6, 6.07) is 24.5. The summed E-state index contributed by atoms with van der Waals surface area (Å²) in [6.07, 6.45) is 2.77. The molecule has 3 aromatic rings. The van der Waals surface area contributed by atoms with Gasteiger partial charge in [0.05, 0.1) is 6.04 Å². The number of ether oxygens (including phenoxy) is 2. The number of halogens is 2. The molecule has 1 aliphatic rings. The third-order valence-electron chi connectivity index (χ3n) is 6.46. The van der Waals surface area contributed by atoms with Gasteiger partial charge < -0.3 is 19.7 Å². The Morgan fingerprint density at radius 2 is 1.54 bits per heavy atom. The molecule has 5 nitrogen and oxygen atoms in total. The van der Waals surface area contributed by atoms with Crippen LogP contribution in [0.15, 0.2) is 72.8 Å². The zero-order chi connectivity index (χ0) is 25.9. The summed E-state index contributed by atoms with van der Waals surface area (Å²) < 4.78 is 11.4. The largest absolute Gasteiger partial charge is 0.486 e. The third-order valence-corrected chi connectivity index (χ3v) is 6.80. The fraction of sp³-hybridized carbons (Fsp3) is 0.367. The summed E-state index contributed by atoms with van der Waals surface area (Å²) in [7, 11) is 0. The number of anilines is 1. The van der Waals surface area contributed by atoms with Gasteiger partial charge in [0, 0.05) is 37.0 Å². The van der Waals surface area contributed by atoms with Crippen LogP contribution < -0.4 is 19.7 Å². The lowest BCUT2D eigenvalue weighted by atomic mass is 9.98. The quantitative estimate of drug-likeness (QED) is 0.263. The topological polar surface area (TPSA) is 50.8 Å². The molecule has 37 heavy (non-hydrogen) atoms. The minimum Gasteiger partial charge on any atom is -0.486 e. The lowest BCUT2D eigenvalue weighted by molar-refractivity contribution is -0.121. The van der Waals surface area contributed by atoms with Crippen molar-refractivity contribution in [2.24, 2.45) is 0 Å². The van der Waals surface area contributed by atoms with Crippen molar-refractivity contribution in [3.8, 4) is 11.5 Å². The van der Waals surface area contributed by atoms with E-state index in [0.717, 1.165) is 54.2 Å². The zero-order valence-corrected chi connectivity index (χ0v) is 22.5. The fourth-order valence-electron chi connectivity index (χ4n) is 4.56. The molecule has 0 spiro atoms. The Hall–Kier alpha value is -2.89. The number of hydrogen-bond acceptors (Lipinski definition) is 4. The third kappa shape index (κ3) is 8.05. The van der Waals surface area contributed by atoms with Crippen molar-refractivity contribution in [1.29, 1.82) is 0 Å². The van der Waals surface area contributed by atoms with E-state index in [0.29, 0.717) is 37.8 Å². The lowest BCUT2D eigenvalue weighted by Gasteiger charge is -2.23. The number of fused-ring (bicyclic) bond motifs is 1.